The summed E-state index contributed by atoms with van der Waals surface area (Å²) >= 11 is 6.65. The zero-order chi connectivity index (χ0) is 41.4. The minimum Gasteiger partial charge on any atom is -0.462 e. The maximum absolute atomic E-state index is 13.6. The molecule has 0 amide bonds. The monoisotopic (exact) mass is 805 g/mol. The van der Waals surface area contributed by atoms with Gasteiger partial charge in [-0.3, -0.25) is 0 Å². The maximum atomic E-state index is 13.6. The Morgan fingerprint density at radius 3 is 1.40 bits per heavy atom. The lowest BCUT2D eigenvalue weighted by molar-refractivity contribution is 0.0512. The molecule has 0 bridgehead atoms. The largest absolute Gasteiger partial charge is 0.462 e. The van der Waals surface area contributed by atoms with Crippen molar-refractivity contribution in [3.63, 3.8) is 0 Å². The van der Waals surface area contributed by atoms with Crippen molar-refractivity contribution in [3.05, 3.63) is 210 Å². The van der Waals surface area contributed by atoms with E-state index in [-0.39, 0.29) is 19.3 Å². The molecule has 0 radical (unpaired) electrons. The number of esters is 2. The van der Waals surface area contributed by atoms with Gasteiger partial charge in [-0.15, -0.1) is 0 Å². The summed E-state index contributed by atoms with van der Waals surface area (Å²) in [6.45, 7) is 3.94. The van der Waals surface area contributed by atoms with E-state index < -0.39 is 11.9 Å². The number of ether oxygens (including phenoxy) is 2. The number of carbonyl (C=O) groups is 2. The molecule has 8 rings (SSSR count). The molecule has 0 fully saturated rings. The van der Waals surface area contributed by atoms with Crippen molar-refractivity contribution >= 4 is 40.5 Å². The van der Waals surface area contributed by atoms with Crippen LogP contribution in [0.25, 0.3) is 50.1 Å². The molecule has 0 spiro atoms. The van der Waals surface area contributed by atoms with E-state index in [2.05, 4.69) is 138 Å². The number of anilines is 2. The van der Waals surface area contributed by atoms with Crippen molar-refractivity contribution in [2.24, 2.45) is 0 Å². The number of hydrogen-bond donors (Lipinski definition) is 0. The van der Waals surface area contributed by atoms with Crippen molar-refractivity contribution in [1.29, 1.82) is 0 Å². The van der Waals surface area contributed by atoms with E-state index in [1.807, 2.05) is 36.4 Å². The molecule has 5 nitrogen and oxygen atoms in total. The molecule has 0 aliphatic heterocycles. The first-order chi connectivity index (χ1) is 29.4. The number of nitrogens with zero attached hydrogens (tertiary/aromatic N) is 1. The van der Waals surface area contributed by atoms with Gasteiger partial charge in [0.2, 0.25) is 0 Å². The lowest BCUT2D eigenvalue weighted by Crippen LogP contribution is -2.30. The first-order valence-electron chi connectivity index (χ1n) is 20.3. The molecule has 1 aliphatic carbocycles. The lowest BCUT2D eigenvalue weighted by Gasteiger charge is -2.33. The molecule has 0 saturated carbocycles. The highest BCUT2D eigenvalue weighted by molar-refractivity contribution is 6.33. The molecule has 7 aromatic carbocycles. The van der Waals surface area contributed by atoms with Crippen LogP contribution in [0.3, 0.4) is 0 Å². The fourth-order valence-electron chi connectivity index (χ4n) is 7.77. The van der Waals surface area contributed by atoms with Gasteiger partial charge in [-0.05, 0) is 113 Å². The quantitative estimate of drug-likeness (QED) is 0.115. The Morgan fingerprint density at radius 2 is 0.950 bits per heavy atom. The summed E-state index contributed by atoms with van der Waals surface area (Å²) in [5, 5.41) is 0.455. The second-order valence-corrected chi connectivity index (χ2v) is 14.9. The Bertz CT molecular complexity index is 2670. The van der Waals surface area contributed by atoms with Crippen LogP contribution in [0.15, 0.2) is 188 Å². The highest BCUT2D eigenvalue weighted by Crippen LogP contribution is 2.39. The fraction of sp³-hybridized carbons (Fsp3) is 0.111. The average molecular weight is 806 g/mol. The van der Waals surface area contributed by atoms with E-state index in [1.165, 1.54) is 11.1 Å². The Hall–Kier alpha value is -6.95. The second kappa shape index (κ2) is 18.3. The summed E-state index contributed by atoms with van der Waals surface area (Å²) in [6, 6.07) is 57.5. The number of halogens is 1. The highest BCUT2D eigenvalue weighted by Gasteiger charge is 2.27. The van der Waals surface area contributed by atoms with Gasteiger partial charge in [0.1, 0.15) is 0 Å². The summed E-state index contributed by atoms with van der Waals surface area (Å²) in [5.41, 5.74) is 12.2. The third-order valence-corrected chi connectivity index (χ3v) is 11.1. The third kappa shape index (κ3) is 8.58. The summed E-state index contributed by atoms with van der Waals surface area (Å²) in [6.07, 6.45) is 6.95. The molecule has 0 N–H and O–H groups in total. The number of carbonyl (C=O) groups excluding carboxylic acids is 2. The first kappa shape index (κ1) is 39.9. The molecular formula is C54H44ClNO4. The van der Waals surface area contributed by atoms with Crippen LogP contribution in [0.5, 0.6) is 0 Å². The molecule has 1 atom stereocenters. The number of benzene rings is 7. The van der Waals surface area contributed by atoms with E-state index in [0.29, 0.717) is 39.3 Å². The van der Waals surface area contributed by atoms with Crippen LogP contribution < -0.4 is 4.90 Å². The highest BCUT2D eigenvalue weighted by atomic mass is 35.5. The third-order valence-electron chi connectivity index (χ3n) is 10.8. The van der Waals surface area contributed by atoms with E-state index in [1.54, 1.807) is 32.0 Å². The topological polar surface area (TPSA) is 55.8 Å². The molecular weight excluding hydrogens is 762 g/mol. The SMILES string of the molecule is CCOC(=O)c1cc(-c2ccccc2Cl)c(C(=O)OCC)cc1C1=CCC(N(c2ccc(-c3ccccc3)cc2)c2ccc(-c3ccc(-c4ccccc4)cc3)cc2)C=C1. The van der Waals surface area contributed by atoms with E-state index in [0.717, 1.165) is 39.2 Å². The molecule has 0 heterocycles. The van der Waals surface area contributed by atoms with Crippen molar-refractivity contribution in [3.8, 4) is 44.5 Å². The van der Waals surface area contributed by atoms with Gasteiger partial charge in [0, 0.05) is 22.0 Å². The molecule has 7 aromatic rings. The zero-order valence-corrected chi connectivity index (χ0v) is 34.3. The van der Waals surface area contributed by atoms with E-state index in [4.69, 9.17) is 21.1 Å². The molecule has 60 heavy (non-hydrogen) atoms. The predicted octanol–water partition coefficient (Wildman–Crippen LogP) is 13.9. The van der Waals surface area contributed by atoms with E-state index >= 15 is 0 Å². The summed E-state index contributed by atoms with van der Waals surface area (Å²) in [4.78, 5) is 29.5. The minimum atomic E-state index is -0.497. The summed E-state index contributed by atoms with van der Waals surface area (Å²) in [7, 11) is 0. The van der Waals surface area contributed by atoms with Crippen molar-refractivity contribution in [1.82, 2.24) is 0 Å². The first-order valence-corrected chi connectivity index (χ1v) is 20.7. The number of rotatable bonds is 12. The Labute approximate surface area is 356 Å². The van der Waals surface area contributed by atoms with Crippen LogP contribution in [0.2, 0.25) is 5.02 Å². The van der Waals surface area contributed by atoms with Gasteiger partial charge in [0.25, 0.3) is 0 Å². The van der Waals surface area contributed by atoms with Gasteiger partial charge in [-0.2, -0.15) is 0 Å². The maximum Gasteiger partial charge on any atom is 0.338 e. The van der Waals surface area contributed by atoms with Crippen LogP contribution >= 0.6 is 11.6 Å². The Morgan fingerprint density at radius 1 is 0.533 bits per heavy atom. The molecule has 1 unspecified atom stereocenters. The van der Waals surface area contributed by atoms with Crippen LogP contribution in [0.4, 0.5) is 11.4 Å². The zero-order valence-electron chi connectivity index (χ0n) is 33.6. The summed E-state index contributed by atoms with van der Waals surface area (Å²) < 4.78 is 11.1. The van der Waals surface area contributed by atoms with Crippen molar-refractivity contribution in [2.45, 2.75) is 26.3 Å². The van der Waals surface area contributed by atoms with Crippen LogP contribution in [-0.4, -0.2) is 31.2 Å². The van der Waals surface area contributed by atoms with Crippen LogP contribution in [0, 0.1) is 0 Å². The van der Waals surface area contributed by atoms with Crippen molar-refractivity contribution < 1.29 is 19.1 Å². The van der Waals surface area contributed by atoms with Crippen LogP contribution in [-0.2, 0) is 9.47 Å². The van der Waals surface area contributed by atoms with Gasteiger partial charge in [0.15, 0.2) is 0 Å². The fourth-order valence-corrected chi connectivity index (χ4v) is 8.01. The van der Waals surface area contributed by atoms with E-state index in [9.17, 15) is 9.59 Å². The Kier molecular flexibility index (Phi) is 12.2. The molecule has 296 valence electrons. The minimum absolute atomic E-state index is 0.0645. The number of allylic oxidation sites excluding steroid dienone is 2. The van der Waals surface area contributed by atoms with Crippen LogP contribution in [0.1, 0.15) is 46.5 Å². The van der Waals surface area contributed by atoms with Gasteiger partial charge in [-0.25, -0.2) is 9.59 Å². The van der Waals surface area contributed by atoms with Gasteiger partial charge in [0.05, 0.1) is 30.4 Å². The van der Waals surface area contributed by atoms with Gasteiger partial charge < -0.3 is 14.4 Å². The standard InChI is InChI=1S/C54H44ClNO4/c1-3-59-53(57)50-36-49(47-17-11-12-18-52(47)55)51(54(58)60-4-2)35-48(50)43-27-33-46(34-28-43)56(44-29-23-41(24-30-44)38-15-9-6-10-16-38)45-31-25-42(26-32-45)40-21-19-39(20-22-40)37-13-7-5-8-14-37/h5-33,35-36,46H,3-4,34H2,1-2H3. The Balaban J connectivity index is 1.15. The second-order valence-electron chi connectivity index (χ2n) is 14.5. The average Bonchev–Trinajstić information content (AvgIpc) is 3.30. The molecule has 0 aromatic heterocycles. The summed E-state index contributed by atoms with van der Waals surface area (Å²) in [5.74, 6) is -0.981. The molecule has 1 aliphatic rings. The molecule has 6 heteroatoms. The number of hydrogen-bond acceptors (Lipinski definition) is 5. The lowest BCUT2D eigenvalue weighted by atomic mass is 9.88. The van der Waals surface area contributed by atoms with Crippen molar-refractivity contribution in [2.75, 3.05) is 18.1 Å². The predicted molar refractivity (Wildman–Crippen MR) is 246 cm³/mol. The van der Waals surface area contributed by atoms with Gasteiger partial charge >= 0.3 is 11.9 Å². The van der Waals surface area contributed by atoms with Gasteiger partial charge in [-0.1, -0.05) is 157 Å². The smallest absolute Gasteiger partial charge is 0.338 e. The molecule has 0 saturated heterocycles. The normalized spacial score (nSPS) is 13.3.